The number of hydrogen-bond acceptors (Lipinski definition) is 3. The summed E-state index contributed by atoms with van der Waals surface area (Å²) in [6.07, 6.45) is 2.56. The molecule has 0 aromatic heterocycles. The van der Waals surface area contributed by atoms with Crippen LogP contribution in [0.5, 0.6) is 0 Å². The van der Waals surface area contributed by atoms with E-state index >= 15 is 0 Å². The zero-order valence-corrected chi connectivity index (χ0v) is 6.82. The molecule has 1 aliphatic rings. The number of nitrogens with one attached hydrogen (secondary N) is 2. The molecule has 4 N–H and O–H groups in total. The average Bonchev–Trinajstić information content (AvgIpc) is 1.90. The van der Waals surface area contributed by atoms with Crippen LogP contribution in [0.4, 0.5) is 0 Å². The third-order valence-corrected chi connectivity index (χ3v) is 1.41. The van der Waals surface area contributed by atoms with E-state index in [1.807, 2.05) is 0 Å². The van der Waals surface area contributed by atoms with Gasteiger partial charge in [-0.3, -0.25) is 0 Å². The Morgan fingerprint density at radius 1 is 0.562 bits per heavy atom. The van der Waals surface area contributed by atoms with Crippen LogP contribution in [-0.2, 0) is 0 Å². The summed E-state index contributed by atoms with van der Waals surface area (Å²) in [6.45, 7) is 4.75. The van der Waals surface area contributed by atoms with E-state index in [9.17, 15) is 0 Å². The fourth-order valence-corrected chi connectivity index (χ4v) is 0.927. The van der Waals surface area contributed by atoms with Crippen molar-refractivity contribution in [3.63, 3.8) is 0 Å². The Morgan fingerprint density at radius 2 is 0.750 bits per heavy atom. The van der Waals surface area contributed by atoms with Crippen LogP contribution in [0.25, 0.3) is 0 Å². The molecule has 0 aromatic rings. The number of nitrogens with two attached hydrogens (primary N) is 1. The maximum absolute atomic E-state index is 4.50. The van der Waals surface area contributed by atoms with Gasteiger partial charge in [-0.1, -0.05) is 44.6 Å². The molecule has 0 bridgehead atoms. The van der Waals surface area contributed by atoms with E-state index < -0.39 is 0 Å². The molecule has 16 heavy (non-hydrogen) atoms. The Hall–Kier alpha value is -0.120. The molecule has 0 aromatic carbocycles. The van der Waals surface area contributed by atoms with Gasteiger partial charge in [0.2, 0.25) is 0 Å². The summed E-state index contributed by atoms with van der Waals surface area (Å²) in [5, 5.41) is 6.69. The zero-order chi connectivity index (χ0) is 7.66. The van der Waals surface area contributed by atoms with Gasteiger partial charge in [0, 0.05) is 0 Å². The summed E-state index contributed by atoms with van der Waals surface area (Å²) in [6, 6.07) is 0. The Labute approximate surface area is 108 Å². The van der Waals surface area contributed by atoms with Crippen LogP contribution in [0, 0.1) is 0 Å². The molecule has 3 heteroatoms. The van der Waals surface area contributed by atoms with E-state index in [4.69, 9.17) is 0 Å². The second kappa shape index (κ2) is 46.2. The summed E-state index contributed by atoms with van der Waals surface area (Å²) in [7, 11) is 1.50. The van der Waals surface area contributed by atoms with Crippen molar-refractivity contribution in [3.05, 3.63) is 0 Å². The summed E-state index contributed by atoms with van der Waals surface area (Å²) in [5.74, 6) is 0. The van der Waals surface area contributed by atoms with Crippen LogP contribution in [0.2, 0.25) is 0 Å². The summed E-state index contributed by atoms with van der Waals surface area (Å²) >= 11 is 0. The second-order valence-corrected chi connectivity index (χ2v) is 2.21. The van der Waals surface area contributed by atoms with E-state index in [0.717, 1.165) is 0 Å². The predicted molar refractivity (Wildman–Crippen MR) is 85.5 cm³/mol. The van der Waals surface area contributed by atoms with Gasteiger partial charge in [0.05, 0.1) is 0 Å². The number of hydrogen-bond donors (Lipinski definition) is 3. The highest BCUT2D eigenvalue weighted by atomic mass is 14.9. The van der Waals surface area contributed by atoms with Crippen molar-refractivity contribution in [2.24, 2.45) is 5.73 Å². The molecule has 0 spiro atoms. The Balaban J connectivity index is -0.0000000193. The molecule has 0 saturated carbocycles. The SMILES string of the molecule is C.C.C.C.C.C.C1CNCCCNC1.CN. The maximum atomic E-state index is 4.50. The molecule has 1 heterocycles. The molecule has 3 nitrogen and oxygen atoms in total. The Morgan fingerprint density at radius 3 is 0.938 bits per heavy atom. The van der Waals surface area contributed by atoms with Crippen molar-refractivity contribution in [1.29, 1.82) is 0 Å². The Kier molecular flexibility index (Phi) is 129. The molecule has 1 fully saturated rings. The van der Waals surface area contributed by atoms with Crippen LogP contribution in [0.1, 0.15) is 57.4 Å². The van der Waals surface area contributed by atoms with Crippen molar-refractivity contribution < 1.29 is 0 Å². The highest BCUT2D eigenvalue weighted by Gasteiger charge is 1.92. The third kappa shape index (κ3) is 37.1. The van der Waals surface area contributed by atoms with Crippen LogP contribution in [0.3, 0.4) is 0 Å². The molecular weight excluding hydrogens is 198 g/mol. The number of rotatable bonds is 0. The van der Waals surface area contributed by atoms with Crippen molar-refractivity contribution in [2.75, 3.05) is 33.2 Å². The highest BCUT2D eigenvalue weighted by molar-refractivity contribution is 4.57. The van der Waals surface area contributed by atoms with Crippen molar-refractivity contribution in [2.45, 2.75) is 57.4 Å². The maximum Gasteiger partial charge on any atom is -0.00368 e. The standard InChI is InChI=1S/C6H14N2.CH5N.6CH4/c1-3-7-5-2-6-8-4-1;1-2;;;;;;/h7-8H,1-6H2;2H2,1H3;6*1H4. The second-order valence-electron chi connectivity index (χ2n) is 2.21. The molecule has 110 valence electrons. The molecular formula is C13H43N3. The lowest BCUT2D eigenvalue weighted by Gasteiger charge is -2.09. The summed E-state index contributed by atoms with van der Waals surface area (Å²) < 4.78 is 0. The fraction of sp³-hybridized carbons (Fsp3) is 1.00. The summed E-state index contributed by atoms with van der Waals surface area (Å²) in [4.78, 5) is 0. The predicted octanol–water partition coefficient (Wildman–Crippen LogP) is 3.35. The van der Waals surface area contributed by atoms with Crippen LogP contribution in [-0.4, -0.2) is 33.2 Å². The smallest absolute Gasteiger partial charge is 0.00368 e. The largest absolute Gasteiger partial charge is 0.333 e. The van der Waals surface area contributed by atoms with Gasteiger partial charge in [-0.05, 0) is 46.1 Å². The molecule has 1 saturated heterocycles. The monoisotopic (exact) mass is 241 g/mol. The minimum absolute atomic E-state index is 0. The third-order valence-electron chi connectivity index (χ3n) is 1.41. The van der Waals surface area contributed by atoms with Gasteiger partial charge in [-0.15, -0.1) is 0 Å². The van der Waals surface area contributed by atoms with Gasteiger partial charge in [0.25, 0.3) is 0 Å². The van der Waals surface area contributed by atoms with Crippen molar-refractivity contribution in [3.8, 4) is 0 Å². The van der Waals surface area contributed by atoms with Crippen LogP contribution in [0.15, 0.2) is 0 Å². The molecule has 0 unspecified atom stereocenters. The van der Waals surface area contributed by atoms with E-state index in [-0.39, 0.29) is 44.6 Å². The van der Waals surface area contributed by atoms with Gasteiger partial charge >= 0.3 is 0 Å². The van der Waals surface area contributed by atoms with Crippen LogP contribution < -0.4 is 16.4 Å². The fourth-order valence-electron chi connectivity index (χ4n) is 0.927. The zero-order valence-electron chi connectivity index (χ0n) is 6.82. The first-order valence-electron chi connectivity index (χ1n) is 3.99. The first-order chi connectivity index (χ1) is 5.00. The normalized spacial score (nSPS) is 12.4. The van der Waals surface area contributed by atoms with Crippen LogP contribution >= 0.6 is 0 Å². The van der Waals surface area contributed by atoms with Gasteiger partial charge in [0.1, 0.15) is 0 Å². The van der Waals surface area contributed by atoms with E-state index in [1.165, 1.54) is 46.1 Å². The van der Waals surface area contributed by atoms with Gasteiger partial charge in [-0.2, -0.15) is 0 Å². The van der Waals surface area contributed by atoms with E-state index in [1.54, 1.807) is 0 Å². The molecule has 1 aliphatic heterocycles. The summed E-state index contributed by atoms with van der Waals surface area (Å²) in [5.41, 5.74) is 4.50. The molecule has 0 radical (unpaired) electrons. The first-order valence-corrected chi connectivity index (χ1v) is 3.99. The van der Waals surface area contributed by atoms with Crippen molar-refractivity contribution >= 4 is 0 Å². The van der Waals surface area contributed by atoms with Crippen molar-refractivity contribution in [1.82, 2.24) is 10.6 Å². The lowest BCUT2D eigenvalue weighted by atomic mass is 10.3. The van der Waals surface area contributed by atoms with Gasteiger partial charge < -0.3 is 16.4 Å². The topological polar surface area (TPSA) is 50.1 Å². The molecule has 0 aliphatic carbocycles. The van der Waals surface area contributed by atoms with E-state index in [0.29, 0.717) is 0 Å². The lowest BCUT2D eigenvalue weighted by molar-refractivity contribution is 0.527. The first kappa shape index (κ1) is 44.6. The molecule has 0 atom stereocenters. The van der Waals surface area contributed by atoms with Gasteiger partial charge in [-0.25, -0.2) is 0 Å². The molecule has 1 rings (SSSR count). The minimum atomic E-state index is 0. The molecule has 0 amide bonds. The lowest BCUT2D eigenvalue weighted by Crippen LogP contribution is -2.29. The average molecular weight is 242 g/mol. The minimum Gasteiger partial charge on any atom is -0.333 e. The highest BCUT2D eigenvalue weighted by Crippen LogP contribution is 1.81. The van der Waals surface area contributed by atoms with Gasteiger partial charge in [0.15, 0.2) is 0 Å². The van der Waals surface area contributed by atoms with E-state index in [2.05, 4.69) is 16.4 Å². The quantitative estimate of drug-likeness (QED) is 0.609. The Bertz CT molecular complexity index is 35.1.